The molecule has 178 valence electrons. The molecular weight excluding hydrogens is 541 g/mol. The normalized spacial score (nSPS) is 16.6. The number of likely N-dealkylation sites (tertiary alicyclic amines) is 1. The van der Waals surface area contributed by atoms with Crippen LogP contribution in [0.4, 0.5) is 0 Å². The predicted molar refractivity (Wildman–Crippen MR) is 141 cm³/mol. The van der Waals surface area contributed by atoms with E-state index >= 15 is 0 Å². The Morgan fingerprint density at radius 1 is 1.18 bits per heavy atom. The standard InChI is InChI=1S/C27H30IN3O3/c1-17(2)20(15-25(32)34-3)27(33)31-13-7-10-24(31)26-29-16-23(30-26)19-11-12-22(28)21(14-19)18-8-5-4-6-9-18/h4-6,8-9,11-12,14,16-17,20,24H,7,10,13,15H2,1-3H3,(H,29,30)/t20-,24-/m0/s1. The number of methoxy groups -OCH3 is 1. The molecule has 1 aliphatic heterocycles. The van der Waals surface area contributed by atoms with Crippen LogP contribution in [0.5, 0.6) is 0 Å². The molecule has 6 nitrogen and oxygen atoms in total. The van der Waals surface area contributed by atoms with Gasteiger partial charge in [-0.25, -0.2) is 4.98 Å². The summed E-state index contributed by atoms with van der Waals surface area (Å²) >= 11 is 2.37. The van der Waals surface area contributed by atoms with Gasteiger partial charge in [-0.1, -0.05) is 50.2 Å². The largest absolute Gasteiger partial charge is 0.469 e. The first-order valence-corrected chi connectivity index (χ1v) is 12.7. The third-order valence-corrected chi connectivity index (χ3v) is 7.49. The van der Waals surface area contributed by atoms with Crippen molar-refractivity contribution < 1.29 is 14.3 Å². The average Bonchev–Trinajstić information content (AvgIpc) is 3.52. The summed E-state index contributed by atoms with van der Waals surface area (Å²) in [6.45, 7) is 4.62. The maximum Gasteiger partial charge on any atom is 0.306 e. The topological polar surface area (TPSA) is 75.3 Å². The van der Waals surface area contributed by atoms with Crippen LogP contribution >= 0.6 is 22.6 Å². The molecule has 0 spiro atoms. The van der Waals surface area contributed by atoms with Gasteiger partial charge in [0.05, 0.1) is 37.4 Å². The predicted octanol–water partition coefficient (Wildman–Crippen LogP) is 5.85. The summed E-state index contributed by atoms with van der Waals surface area (Å²) in [7, 11) is 1.36. The zero-order chi connectivity index (χ0) is 24.2. The van der Waals surface area contributed by atoms with E-state index in [2.05, 4.69) is 62.9 Å². The van der Waals surface area contributed by atoms with Crippen LogP contribution in [0.3, 0.4) is 0 Å². The van der Waals surface area contributed by atoms with Gasteiger partial charge >= 0.3 is 5.97 Å². The summed E-state index contributed by atoms with van der Waals surface area (Å²) in [6.07, 6.45) is 3.72. The first kappa shape index (κ1) is 24.4. The van der Waals surface area contributed by atoms with Crippen LogP contribution in [0.25, 0.3) is 22.4 Å². The third kappa shape index (κ3) is 5.19. The number of carbonyl (C=O) groups is 2. The number of hydrogen-bond acceptors (Lipinski definition) is 4. The summed E-state index contributed by atoms with van der Waals surface area (Å²) in [5.74, 6) is 0.0917. The molecule has 0 bridgehead atoms. The lowest BCUT2D eigenvalue weighted by Crippen LogP contribution is -2.39. The Kier molecular flexibility index (Phi) is 7.70. The third-order valence-electron chi connectivity index (χ3n) is 6.55. The van der Waals surface area contributed by atoms with Crippen molar-refractivity contribution in [3.63, 3.8) is 0 Å². The van der Waals surface area contributed by atoms with E-state index in [0.29, 0.717) is 6.54 Å². The number of esters is 1. The number of nitrogens with zero attached hydrogens (tertiary/aromatic N) is 2. The van der Waals surface area contributed by atoms with Crippen molar-refractivity contribution in [3.8, 4) is 22.4 Å². The van der Waals surface area contributed by atoms with Crippen molar-refractivity contribution >= 4 is 34.5 Å². The van der Waals surface area contributed by atoms with Crippen molar-refractivity contribution in [2.45, 2.75) is 39.2 Å². The fourth-order valence-electron chi connectivity index (χ4n) is 4.58. The molecule has 0 radical (unpaired) electrons. The number of imidazole rings is 1. The molecular formula is C27H30IN3O3. The van der Waals surface area contributed by atoms with Crippen LogP contribution in [0.1, 0.15) is 45.0 Å². The Bertz CT molecular complexity index is 1160. The van der Waals surface area contributed by atoms with Crippen LogP contribution in [0.15, 0.2) is 54.7 Å². The van der Waals surface area contributed by atoms with E-state index in [0.717, 1.165) is 29.9 Å². The molecule has 1 saturated heterocycles. The van der Waals surface area contributed by atoms with Gasteiger partial charge in [-0.3, -0.25) is 9.59 Å². The monoisotopic (exact) mass is 571 g/mol. The van der Waals surface area contributed by atoms with Crippen LogP contribution < -0.4 is 0 Å². The zero-order valence-electron chi connectivity index (χ0n) is 19.8. The second-order valence-corrected chi connectivity index (χ2v) is 10.2. The number of H-pyrrole nitrogens is 1. The fourth-order valence-corrected chi connectivity index (χ4v) is 5.23. The van der Waals surface area contributed by atoms with Gasteiger partial charge in [0.2, 0.25) is 5.91 Å². The van der Waals surface area contributed by atoms with Gasteiger partial charge in [0, 0.05) is 15.7 Å². The van der Waals surface area contributed by atoms with Crippen molar-refractivity contribution in [2.75, 3.05) is 13.7 Å². The molecule has 1 N–H and O–H groups in total. The molecule has 0 saturated carbocycles. The molecule has 2 heterocycles. The summed E-state index contributed by atoms with van der Waals surface area (Å²) < 4.78 is 6.01. The van der Waals surface area contributed by atoms with E-state index in [4.69, 9.17) is 4.74 Å². The number of hydrogen-bond donors (Lipinski definition) is 1. The van der Waals surface area contributed by atoms with Gasteiger partial charge in [-0.05, 0) is 64.6 Å². The second-order valence-electron chi connectivity index (χ2n) is 9.06. The van der Waals surface area contributed by atoms with Gasteiger partial charge in [-0.15, -0.1) is 0 Å². The molecule has 4 rings (SSSR count). The number of aromatic amines is 1. The van der Waals surface area contributed by atoms with Gasteiger partial charge in [0.15, 0.2) is 0 Å². The number of benzene rings is 2. The Labute approximate surface area is 214 Å². The molecule has 0 aliphatic carbocycles. The lowest BCUT2D eigenvalue weighted by molar-refractivity contribution is -0.148. The molecule has 1 aromatic heterocycles. The van der Waals surface area contributed by atoms with Crippen molar-refractivity contribution in [2.24, 2.45) is 11.8 Å². The van der Waals surface area contributed by atoms with Crippen LogP contribution in [-0.2, 0) is 14.3 Å². The summed E-state index contributed by atoms with van der Waals surface area (Å²) in [4.78, 5) is 35.3. The molecule has 3 aromatic rings. The Morgan fingerprint density at radius 3 is 2.65 bits per heavy atom. The minimum atomic E-state index is -0.396. The number of amides is 1. The summed E-state index contributed by atoms with van der Waals surface area (Å²) in [5.41, 5.74) is 4.33. The van der Waals surface area contributed by atoms with E-state index < -0.39 is 5.92 Å². The molecule has 1 amide bonds. The Balaban J connectivity index is 1.58. The minimum absolute atomic E-state index is 0.00137. The van der Waals surface area contributed by atoms with Gasteiger partial charge in [0.1, 0.15) is 5.82 Å². The van der Waals surface area contributed by atoms with E-state index in [1.165, 1.54) is 21.8 Å². The van der Waals surface area contributed by atoms with Crippen molar-refractivity contribution in [1.82, 2.24) is 14.9 Å². The highest BCUT2D eigenvalue weighted by molar-refractivity contribution is 14.1. The van der Waals surface area contributed by atoms with E-state index in [-0.39, 0.29) is 30.3 Å². The molecule has 2 aromatic carbocycles. The molecule has 34 heavy (non-hydrogen) atoms. The van der Waals surface area contributed by atoms with Gasteiger partial charge < -0.3 is 14.6 Å². The lowest BCUT2D eigenvalue weighted by atomic mass is 9.91. The van der Waals surface area contributed by atoms with Crippen LogP contribution in [0.2, 0.25) is 0 Å². The lowest BCUT2D eigenvalue weighted by Gasteiger charge is -2.29. The average molecular weight is 571 g/mol. The van der Waals surface area contributed by atoms with Crippen molar-refractivity contribution in [1.29, 1.82) is 0 Å². The Hall–Kier alpha value is -2.68. The Morgan fingerprint density at radius 2 is 1.94 bits per heavy atom. The smallest absolute Gasteiger partial charge is 0.306 e. The van der Waals surface area contributed by atoms with E-state index in [1.54, 1.807) is 0 Å². The van der Waals surface area contributed by atoms with Crippen molar-refractivity contribution in [3.05, 3.63) is 64.1 Å². The summed E-state index contributed by atoms with van der Waals surface area (Å²) in [6, 6.07) is 16.6. The SMILES string of the molecule is COC(=O)C[C@H](C(=O)N1CCC[C@H]1c1ncc(-c2ccc(I)c(-c3ccccc3)c2)[nH]1)C(C)C. The molecule has 1 fully saturated rings. The number of ether oxygens (including phenoxy) is 1. The van der Waals surface area contributed by atoms with E-state index in [1.807, 2.05) is 43.1 Å². The first-order chi connectivity index (χ1) is 16.4. The van der Waals surface area contributed by atoms with Gasteiger partial charge in [0.25, 0.3) is 0 Å². The van der Waals surface area contributed by atoms with Crippen LogP contribution in [0, 0.1) is 15.4 Å². The van der Waals surface area contributed by atoms with Crippen LogP contribution in [-0.4, -0.2) is 40.4 Å². The minimum Gasteiger partial charge on any atom is -0.469 e. The number of halogens is 1. The fraction of sp³-hybridized carbons (Fsp3) is 0.370. The molecule has 1 aliphatic rings. The summed E-state index contributed by atoms with van der Waals surface area (Å²) in [5, 5.41) is 0. The highest BCUT2D eigenvalue weighted by Gasteiger charge is 2.37. The number of aromatic nitrogens is 2. The highest BCUT2D eigenvalue weighted by atomic mass is 127. The van der Waals surface area contributed by atoms with E-state index in [9.17, 15) is 9.59 Å². The zero-order valence-corrected chi connectivity index (χ0v) is 21.9. The second kappa shape index (κ2) is 10.7. The first-order valence-electron chi connectivity index (χ1n) is 11.7. The number of nitrogens with one attached hydrogen (secondary N) is 1. The maximum atomic E-state index is 13.4. The molecule has 2 atom stereocenters. The molecule has 0 unspecified atom stereocenters. The molecule has 7 heteroatoms. The number of rotatable bonds is 7. The maximum absolute atomic E-state index is 13.4. The number of carbonyl (C=O) groups excluding carboxylic acids is 2. The quantitative estimate of drug-likeness (QED) is 0.286. The van der Waals surface area contributed by atoms with Gasteiger partial charge in [-0.2, -0.15) is 0 Å². The highest BCUT2D eigenvalue weighted by Crippen LogP contribution is 2.35.